The summed E-state index contributed by atoms with van der Waals surface area (Å²) in [6, 6.07) is 56.1. The van der Waals surface area contributed by atoms with E-state index in [0.717, 1.165) is 56.6 Å². The lowest BCUT2D eigenvalue weighted by Crippen LogP contribution is -2.11. The van der Waals surface area contributed by atoms with Crippen molar-refractivity contribution in [2.24, 2.45) is 9.98 Å². The Bertz CT molecular complexity index is 2510. The van der Waals surface area contributed by atoms with Gasteiger partial charge < -0.3 is 9.47 Å². The van der Waals surface area contributed by atoms with E-state index in [2.05, 4.69) is 158 Å². The van der Waals surface area contributed by atoms with Gasteiger partial charge in [0.05, 0.1) is 23.2 Å². The van der Waals surface area contributed by atoms with Crippen LogP contribution in [0.2, 0.25) is 0 Å². The van der Waals surface area contributed by atoms with Crippen molar-refractivity contribution >= 4 is 54.9 Å². The summed E-state index contributed by atoms with van der Waals surface area (Å²) in [5.41, 5.74) is 6.76. The Balaban J connectivity index is 1.29. The van der Waals surface area contributed by atoms with Crippen molar-refractivity contribution in [1.29, 1.82) is 0 Å². The quantitative estimate of drug-likeness (QED) is 0.158. The third-order valence-corrected chi connectivity index (χ3v) is 10.6. The summed E-state index contributed by atoms with van der Waals surface area (Å²) in [5.74, 6) is 1.38. The van der Waals surface area contributed by atoms with Crippen molar-refractivity contribution in [3.05, 3.63) is 180 Å². The van der Waals surface area contributed by atoms with Crippen LogP contribution in [0, 0.1) is 0 Å². The molecule has 0 radical (unpaired) electrons. The fourth-order valence-electron chi connectivity index (χ4n) is 8.33. The van der Waals surface area contributed by atoms with Crippen LogP contribution in [0.25, 0.3) is 54.2 Å². The average molecular weight is 673 g/mol. The second kappa shape index (κ2) is 12.8. The zero-order chi connectivity index (χ0) is 34.4. The Kier molecular flexibility index (Phi) is 7.53. The van der Waals surface area contributed by atoms with Crippen LogP contribution < -0.4 is 0 Å². The van der Waals surface area contributed by atoms with Gasteiger partial charge in [0, 0.05) is 11.1 Å². The molecule has 0 fully saturated rings. The summed E-state index contributed by atoms with van der Waals surface area (Å²) in [7, 11) is 0. The molecule has 4 heteroatoms. The summed E-state index contributed by atoms with van der Waals surface area (Å²) in [6.07, 6.45) is 1.64. The smallest absolute Gasteiger partial charge is 0.217 e. The SMILES string of the molecule is c1ccc(C[C@H]2COC(c3c(-c4c(C5=N[C@@H](Cc6ccccc6)CO5)c5ccccc5c5ccccc45)c4ccccc4c4ccccc34)=N2)cc1. The Labute approximate surface area is 302 Å². The van der Waals surface area contributed by atoms with E-state index in [1.807, 2.05) is 0 Å². The molecule has 52 heavy (non-hydrogen) atoms. The lowest BCUT2D eigenvalue weighted by Gasteiger charge is -2.23. The fraction of sp³-hybridized carbons (Fsp3) is 0.125. The van der Waals surface area contributed by atoms with Crippen LogP contribution in [-0.2, 0) is 22.3 Å². The van der Waals surface area contributed by atoms with Gasteiger partial charge in [0.25, 0.3) is 0 Å². The molecular weight excluding hydrogens is 637 g/mol. The van der Waals surface area contributed by atoms with Gasteiger partial charge in [-0.2, -0.15) is 0 Å². The minimum atomic E-state index is 0.0181. The molecule has 0 amide bonds. The second-order valence-corrected chi connectivity index (χ2v) is 13.9. The summed E-state index contributed by atoms with van der Waals surface area (Å²) >= 11 is 0. The zero-order valence-corrected chi connectivity index (χ0v) is 28.7. The Morgan fingerprint density at radius 2 is 0.635 bits per heavy atom. The third kappa shape index (κ3) is 5.22. The number of nitrogens with zero attached hydrogens (tertiary/aromatic N) is 2. The van der Waals surface area contributed by atoms with Gasteiger partial charge >= 0.3 is 0 Å². The average Bonchev–Trinajstić information content (AvgIpc) is 3.87. The Hall–Kier alpha value is -6.26. The van der Waals surface area contributed by atoms with E-state index in [1.165, 1.54) is 32.7 Å². The van der Waals surface area contributed by atoms with Gasteiger partial charge in [-0.05, 0) is 67.1 Å². The molecule has 0 aliphatic carbocycles. The lowest BCUT2D eigenvalue weighted by molar-refractivity contribution is 0.317. The van der Waals surface area contributed by atoms with Gasteiger partial charge in [0.2, 0.25) is 11.8 Å². The van der Waals surface area contributed by atoms with E-state index in [-0.39, 0.29) is 12.1 Å². The third-order valence-electron chi connectivity index (χ3n) is 10.6. The molecule has 0 bridgehead atoms. The van der Waals surface area contributed by atoms with Crippen molar-refractivity contribution in [1.82, 2.24) is 0 Å². The molecule has 4 nitrogen and oxygen atoms in total. The molecule has 2 aliphatic rings. The molecule has 2 atom stereocenters. The maximum atomic E-state index is 6.68. The number of hydrogen-bond acceptors (Lipinski definition) is 4. The molecule has 0 saturated heterocycles. The van der Waals surface area contributed by atoms with Crippen LogP contribution in [0.4, 0.5) is 0 Å². The molecule has 0 unspecified atom stereocenters. The molecule has 10 rings (SSSR count). The first kappa shape index (κ1) is 30.6. The van der Waals surface area contributed by atoms with E-state index in [0.29, 0.717) is 25.0 Å². The summed E-state index contributed by atoms with van der Waals surface area (Å²) in [6.45, 7) is 1.07. The molecule has 8 aromatic rings. The van der Waals surface area contributed by atoms with Gasteiger partial charge in [-0.15, -0.1) is 0 Å². The fourth-order valence-corrected chi connectivity index (χ4v) is 8.33. The molecule has 0 saturated carbocycles. The van der Waals surface area contributed by atoms with Crippen LogP contribution >= 0.6 is 0 Å². The molecule has 2 heterocycles. The Morgan fingerprint density at radius 1 is 0.346 bits per heavy atom. The van der Waals surface area contributed by atoms with E-state index < -0.39 is 0 Å². The van der Waals surface area contributed by atoms with E-state index in [1.54, 1.807) is 0 Å². The Morgan fingerprint density at radius 3 is 0.981 bits per heavy atom. The number of hydrogen-bond donors (Lipinski definition) is 0. The van der Waals surface area contributed by atoms with Crippen molar-refractivity contribution in [2.45, 2.75) is 24.9 Å². The van der Waals surface area contributed by atoms with Crippen LogP contribution in [0.5, 0.6) is 0 Å². The first-order valence-electron chi connectivity index (χ1n) is 18.2. The van der Waals surface area contributed by atoms with Crippen LogP contribution in [0.15, 0.2) is 168 Å². The van der Waals surface area contributed by atoms with Crippen molar-refractivity contribution in [2.75, 3.05) is 13.2 Å². The normalized spacial score (nSPS) is 17.0. The summed E-state index contributed by atoms with van der Waals surface area (Å²) < 4.78 is 13.4. The lowest BCUT2D eigenvalue weighted by atomic mass is 9.82. The highest BCUT2D eigenvalue weighted by Crippen LogP contribution is 2.47. The van der Waals surface area contributed by atoms with Crippen molar-refractivity contribution < 1.29 is 9.47 Å². The van der Waals surface area contributed by atoms with Crippen molar-refractivity contribution in [3.63, 3.8) is 0 Å². The maximum absolute atomic E-state index is 6.68. The van der Waals surface area contributed by atoms with Gasteiger partial charge in [0.15, 0.2) is 0 Å². The van der Waals surface area contributed by atoms with Gasteiger partial charge in [0.1, 0.15) is 13.2 Å². The van der Waals surface area contributed by atoms with Gasteiger partial charge in [-0.1, -0.05) is 158 Å². The number of aliphatic imine (C=N–C) groups is 2. The molecule has 0 spiro atoms. The number of benzene rings is 8. The van der Waals surface area contributed by atoms with Crippen molar-refractivity contribution in [3.8, 4) is 11.1 Å². The number of ether oxygens (including phenoxy) is 2. The largest absolute Gasteiger partial charge is 0.475 e. The van der Waals surface area contributed by atoms with Gasteiger partial charge in [-0.25, -0.2) is 9.98 Å². The standard InChI is InChI=1S/C48H36N2O2/c1-3-15-31(16-4-1)27-33-29-51-47(49-33)45-41-25-13-9-21-37(41)35-19-7-11-23-39(35)43(45)44-40-24-12-8-20-36(40)38-22-10-14-26-42(38)46(44)48-50-34(30-52-48)28-32-17-5-2-6-18-32/h1-26,33-34H,27-30H2/t33-,34-/m0/s1. The topological polar surface area (TPSA) is 43.2 Å². The minimum Gasteiger partial charge on any atom is -0.475 e. The monoisotopic (exact) mass is 672 g/mol. The highest BCUT2D eigenvalue weighted by molar-refractivity contribution is 6.31. The van der Waals surface area contributed by atoms with E-state index in [4.69, 9.17) is 19.5 Å². The van der Waals surface area contributed by atoms with Gasteiger partial charge in [-0.3, -0.25) is 0 Å². The summed E-state index contributed by atoms with van der Waals surface area (Å²) in [5, 5.41) is 9.28. The maximum Gasteiger partial charge on any atom is 0.217 e. The molecule has 8 aromatic carbocycles. The first-order chi connectivity index (χ1) is 25.8. The highest BCUT2D eigenvalue weighted by atomic mass is 16.5. The number of fused-ring (bicyclic) bond motifs is 6. The highest BCUT2D eigenvalue weighted by Gasteiger charge is 2.32. The molecular formula is C48H36N2O2. The van der Waals surface area contributed by atoms with Crippen LogP contribution in [0.3, 0.4) is 0 Å². The first-order valence-corrected chi connectivity index (χ1v) is 18.2. The molecule has 0 aromatic heterocycles. The molecule has 2 aliphatic heterocycles. The van der Waals surface area contributed by atoms with Crippen LogP contribution in [-0.4, -0.2) is 37.1 Å². The minimum absolute atomic E-state index is 0.0181. The van der Waals surface area contributed by atoms with Crippen LogP contribution in [0.1, 0.15) is 22.3 Å². The number of rotatable bonds is 7. The molecule has 250 valence electrons. The second-order valence-electron chi connectivity index (χ2n) is 13.9. The van der Waals surface area contributed by atoms with E-state index in [9.17, 15) is 0 Å². The zero-order valence-electron chi connectivity index (χ0n) is 28.7. The summed E-state index contributed by atoms with van der Waals surface area (Å²) in [4.78, 5) is 10.7. The predicted octanol–water partition coefficient (Wildman–Crippen LogP) is 10.7. The van der Waals surface area contributed by atoms with E-state index >= 15 is 0 Å². The molecule has 0 N–H and O–H groups in total. The predicted molar refractivity (Wildman–Crippen MR) is 215 cm³/mol.